The van der Waals surface area contributed by atoms with Crippen molar-refractivity contribution in [1.29, 1.82) is 0 Å². The summed E-state index contributed by atoms with van der Waals surface area (Å²) in [6.45, 7) is 1.95. The van der Waals surface area contributed by atoms with E-state index in [0.29, 0.717) is 0 Å². The van der Waals surface area contributed by atoms with Crippen LogP contribution < -0.4 is 10.6 Å². The molecule has 0 atom stereocenters. The molecule has 2 aromatic rings. The number of amides is 2. The number of hydrogen-bond acceptors (Lipinski definition) is 1. The minimum atomic E-state index is -4.39. The first kappa shape index (κ1) is 16.6. The number of urea groups is 1. The molecule has 0 heterocycles. The number of hydrogen-bond donors (Lipinski definition) is 2. The van der Waals surface area contributed by atoms with Gasteiger partial charge in [-0.3, -0.25) is 0 Å². The van der Waals surface area contributed by atoms with Crippen molar-refractivity contribution >= 4 is 17.8 Å². The molecule has 0 spiro atoms. The lowest BCUT2D eigenvalue weighted by Gasteiger charge is -2.08. The number of carbonyl (C=O) groups excluding carboxylic acids is 1. The van der Waals surface area contributed by atoms with Gasteiger partial charge in [0.15, 0.2) is 0 Å². The molecule has 2 N–H and O–H groups in total. The summed E-state index contributed by atoms with van der Waals surface area (Å²) in [6, 6.07) is 11.4. The number of halogens is 3. The fraction of sp³-hybridized carbons (Fsp3) is 0.118. The maximum atomic E-state index is 12.4. The predicted molar refractivity (Wildman–Crippen MR) is 83.8 cm³/mol. The molecule has 0 fully saturated rings. The summed E-state index contributed by atoms with van der Waals surface area (Å²) in [5.41, 5.74) is 1.54. The summed E-state index contributed by atoms with van der Waals surface area (Å²) >= 11 is 0. The number of anilines is 1. The Balaban J connectivity index is 1.91. The van der Waals surface area contributed by atoms with E-state index in [9.17, 15) is 18.0 Å². The molecule has 0 saturated carbocycles. The van der Waals surface area contributed by atoms with Gasteiger partial charge in [-0.2, -0.15) is 13.2 Å². The Morgan fingerprint density at radius 3 is 2.30 bits per heavy atom. The number of alkyl halides is 3. The smallest absolute Gasteiger partial charge is 0.314 e. The molecule has 0 aliphatic heterocycles. The van der Waals surface area contributed by atoms with Crippen LogP contribution in [-0.4, -0.2) is 6.03 Å². The summed E-state index contributed by atoms with van der Waals surface area (Å²) in [5.74, 6) is 0. The Labute approximate surface area is 131 Å². The third-order valence-corrected chi connectivity index (χ3v) is 3.14. The van der Waals surface area contributed by atoms with E-state index in [1.54, 1.807) is 6.08 Å². The minimum Gasteiger partial charge on any atom is -0.314 e. The SMILES string of the molecule is Cc1ccccc1/C=C/NC(=O)Nc1ccc(C(F)(F)F)cc1. The van der Waals surface area contributed by atoms with Crippen molar-refractivity contribution in [2.75, 3.05) is 5.32 Å². The molecule has 0 radical (unpaired) electrons. The normalized spacial score (nSPS) is 11.5. The monoisotopic (exact) mass is 320 g/mol. The van der Waals surface area contributed by atoms with Gasteiger partial charge in [0.05, 0.1) is 5.56 Å². The third-order valence-electron chi connectivity index (χ3n) is 3.14. The molecule has 23 heavy (non-hydrogen) atoms. The standard InChI is InChI=1S/C17H15F3N2O/c1-12-4-2-3-5-13(12)10-11-21-16(23)22-15-8-6-14(7-9-15)17(18,19)20/h2-11H,1H3,(H2,21,22,23)/b11-10+. The van der Waals surface area contributed by atoms with Gasteiger partial charge in [-0.15, -0.1) is 0 Å². The molecule has 0 aromatic heterocycles. The number of carbonyl (C=O) groups is 1. The molecule has 2 aromatic carbocycles. The molecule has 2 rings (SSSR count). The molecular weight excluding hydrogens is 305 g/mol. The van der Waals surface area contributed by atoms with Gasteiger partial charge >= 0.3 is 12.2 Å². The Kier molecular flexibility index (Phi) is 5.05. The maximum absolute atomic E-state index is 12.4. The van der Waals surface area contributed by atoms with Gasteiger partial charge in [-0.1, -0.05) is 24.3 Å². The second-order valence-electron chi connectivity index (χ2n) is 4.86. The van der Waals surface area contributed by atoms with Gasteiger partial charge in [-0.25, -0.2) is 4.79 Å². The largest absolute Gasteiger partial charge is 0.416 e. The highest BCUT2D eigenvalue weighted by Crippen LogP contribution is 2.29. The zero-order chi connectivity index (χ0) is 16.9. The molecule has 0 aliphatic rings. The second kappa shape index (κ2) is 7.00. The first-order chi connectivity index (χ1) is 10.9. The number of nitrogens with one attached hydrogen (secondary N) is 2. The minimum absolute atomic E-state index is 0.278. The quantitative estimate of drug-likeness (QED) is 0.837. The van der Waals surface area contributed by atoms with Crippen LogP contribution in [-0.2, 0) is 6.18 Å². The van der Waals surface area contributed by atoms with E-state index >= 15 is 0 Å². The van der Waals surface area contributed by atoms with E-state index in [1.807, 2.05) is 31.2 Å². The molecule has 0 unspecified atom stereocenters. The van der Waals surface area contributed by atoms with Crippen LogP contribution in [0.4, 0.5) is 23.7 Å². The Bertz CT molecular complexity index is 707. The molecule has 3 nitrogen and oxygen atoms in total. The lowest BCUT2D eigenvalue weighted by molar-refractivity contribution is -0.137. The van der Waals surface area contributed by atoms with E-state index in [-0.39, 0.29) is 5.69 Å². The van der Waals surface area contributed by atoms with Gasteiger partial charge < -0.3 is 10.6 Å². The number of rotatable bonds is 3. The Morgan fingerprint density at radius 1 is 1.04 bits per heavy atom. The Hall–Kier alpha value is -2.76. The summed E-state index contributed by atoms with van der Waals surface area (Å²) in [5, 5.41) is 4.95. The van der Waals surface area contributed by atoms with Gasteiger partial charge in [0, 0.05) is 11.9 Å². The predicted octanol–water partition coefficient (Wildman–Crippen LogP) is 4.81. The zero-order valence-electron chi connectivity index (χ0n) is 12.3. The Morgan fingerprint density at radius 2 is 1.70 bits per heavy atom. The van der Waals surface area contributed by atoms with Gasteiger partial charge in [0.2, 0.25) is 0 Å². The fourth-order valence-electron chi connectivity index (χ4n) is 1.89. The van der Waals surface area contributed by atoms with Crippen molar-refractivity contribution in [3.63, 3.8) is 0 Å². The summed E-state index contributed by atoms with van der Waals surface area (Å²) < 4.78 is 37.3. The van der Waals surface area contributed by atoms with Gasteiger partial charge in [0.1, 0.15) is 0 Å². The van der Waals surface area contributed by atoms with Crippen molar-refractivity contribution in [2.24, 2.45) is 0 Å². The topological polar surface area (TPSA) is 41.1 Å². The lowest BCUT2D eigenvalue weighted by atomic mass is 10.1. The average Bonchev–Trinajstić information content (AvgIpc) is 2.49. The van der Waals surface area contributed by atoms with Crippen LogP contribution in [0, 0.1) is 6.92 Å². The molecular formula is C17H15F3N2O. The van der Waals surface area contributed by atoms with Crippen LogP contribution in [0.5, 0.6) is 0 Å². The molecule has 0 aliphatic carbocycles. The molecule has 2 amide bonds. The summed E-state index contributed by atoms with van der Waals surface area (Å²) in [4.78, 5) is 11.7. The first-order valence-corrected chi connectivity index (χ1v) is 6.83. The van der Waals surface area contributed by atoms with E-state index in [4.69, 9.17) is 0 Å². The van der Waals surface area contributed by atoms with Crippen molar-refractivity contribution in [1.82, 2.24) is 5.32 Å². The third kappa shape index (κ3) is 4.88. The summed E-state index contributed by atoms with van der Waals surface area (Å²) in [7, 11) is 0. The van der Waals surface area contributed by atoms with Crippen molar-refractivity contribution in [2.45, 2.75) is 13.1 Å². The van der Waals surface area contributed by atoms with Crippen LogP contribution in [0.1, 0.15) is 16.7 Å². The average molecular weight is 320 g/mol. The molecule has 6 heteroatoms. The van der Waals surface area contributed by atoms with Gasteiger partial charge in [0.25, 0.3) is 0 Å². The van der Waals surface area contributed by atoms with Gasteiger partial charge in [-0.05, 0) is 48.4 Å². The van der Waals surface area contributed by atoms with E-state index in [2.05, 4.69) is 10.6 Å². The van der Waals surface area contributed by atoms with Crippen LogP contribution in [0.2, 0.25) is 0 Å². The highest BCUT2D eigenvalue weighted by atomic mass is 19.4. The summed E-state index contributed by atoms with van der Waals surface area (Å²) in [6.07, 6.45) is -1.18. The maximum Gasteiger partial charge on any atom is 0.416 e. The van der Waals surface area contributed by atoms with E-state index in [0.717, 1.165) is 23.3 Å². The molecule has 120 valence electrons. The van der Waals surface area contributed by atoms with Crippen LogP contribution in [0.15, 0.2) is 54.7 Å². The van der Waals surface area contributed by atoms with E-state index < -0.39 is 17.8 Å². The lowest BCUT2D eigenvalue weighted by Crippen LogP contribution is -2.23. The van der Waals surface area contributed by atoms with Crippen molar-refractivity contribution in [3.8, 4) is 0 Å². The fourth-order valence-corrected chi connectivity index (χ4v) is 1.89. The number of benzene rings is 2. The first-order valence-electron chi connectivity index (χ1n) is 6.83. The van der Waals surface area contributed by atoms with Crippen LogP contribution >= 0.6 is 0 Å². The second-order valence-corrected chi connectivity index (χ2v) is 4.86. The highest BCUT2D eigenvalue weighted by molar-refractivity contribution is 5.90. The highest BCUT2D eigenvalue weighted by Gasteiger charge is 2.29. The van der Waals surface area contributed by atoms with Crippen molar-refractivity contribution in [3.05, 3.63) is 71.4 Å². The van der Waals surface area contributed by atoms with E-state index in [1.165, 1.54) is 18.3 Å². The molecule has 0 saturated heterocycles. The van der Waals surface area contributed by atoms with Crippen LogP contribution in [0.25, 0.3) is 6.08 Å². The van der Waals surface area contributed by atoms with Crippen LogP contribution in [0.3, 0.4) is 0 Å². The molecule has 0 bridgehead atoms. The zero-order valence-corrected chi connectivity index (χ0v) is 12.3. The van der Waals surface area contributed by atoms with Crippen molar-refractivity contribution < 1.29 is 18.0 Å². The number of aryl methyl sites for hydroxylation is 1.